The lowest BCUT2D eigenvalue weighted by Gasteiger charge is -2.40. The van der Waals surface area contributed by atoms with Crippen LogP contribution in [-0.4, -0.2) is 48.1 Å². The standard InChI is InChI=1S/C18H24N4O/c19-14-15-6-4-5-9-17(15)20-18(23)22-12-10-21(11-13-22)16-7-2-1-3-8-16/h4-6,9,16H,1-3,7-8,10-13H2,(H,20,23). The Morgan fingerprint density at radius 2 is 1.78 bits per heavy atom. The highest BCUT2D eigenvalue weighted by atomic mass is 16.2. The molecule has 0 unspecified atom stereocenters. The fourth-order valence-corrected chi connectivity index (χ4v) is 3.62. The zero-order valence-electron chi connectivity index (χ0n) is 13.5. The van der Waals surface area contributed by atoms with Crippen molar-refractivity contribution in [2.75, 3.05) is 31.5 Å². The zero-order chi connectivity index (χ0) is 16.1. The molecule has 1 aliphatic carbocycles. The van der Waals surface area contributed by atoms with Crippen LogP contribution in [-0.2, 0) is 0 Å². The van der Waals surface area contributed by atoms with Crippen LogP contribution in [0.1, 0.15) is 37.7 Å². The van der Waals surface area contributed by atoms with Crippen molar-refractivity contribution in [1.29, 1.82) is 5.26 Å². The third-order valence-corrected chi connectivity index (χ3v) is 4.98. The van der Waals surface area contributed by atoms with E-state index in [0.29, 0.717) is 17.3 Å². The fraction of sp³-hybridized carbons (Fsp3) is 0.556. The normalized spacial score (nSPS) is 20.0. The van der Waals surface area contributed by atoms with Crippen LogP contribution in [0.15, 0.2) is 24.3 Å². The summed E-state index contributed by atoms with van der Waals surface area (Å²) in [6, 6.07) is 9.85. The summed E-state index contributed by atoms with van der Waals surface area (Å²) in [7, 11) is 0. The van der Waals surface area contributed by atoms with E-state index >= 15 is 0 Å². The number of anilines is 1. The maximum Gasteiger partial charge on any atom is 0.321 e. The number of benzene rings is 1. The summed E-state index contributed by atoms with van der Waals surface area (Å²) in [6.07, 6.45) is 6.67. The maximum absolute atomic E-state index is 12.4. The average molecular weight is 312 g/mol. The van der Waals surface area contributed by atoms with E-state index in [1.54, 1.807) is 18.2 Å². The first-order valence-corrected chi connectivity index (χ1v) is 8.57. The van der Waals surface area contributed by atoms with Crippen molar-refractivity contribution in [3.05, 3.63) is 29.8 Å². The Labute approximate surface area is 137 Å². The van der Waals surface area contributed by atoms with Crippen LogP contribution in [0.25, 0.3) is 0 Å². The third-order valence-electron chi connectivity index (χ3n) is 4.98. The maximum atomic E-state index is 12.4. The number of hydrogen-bond donors (Lipinski definition) is 1. The van der Waals surface area contributed by atoms with Gasteiger partial charge in [-0.05, 0) is 25.0 Å². The molecule has 1 saturated heterocycles. The van der Waals surface area contributed by atoms with Crippen LogP contribution < -0.4 is 5.32 Å². The van der Waals surface area contributed by atoms with Crippen LogP contribution in [0.4, 0.5) is 10.5 Å². The molecule has 1 saturated carbocycles. The van der Waals surface area contributed by atoms with E-state index in [4.69, 9.17) is 5.26 Å². The monoisotopic (exact) mass is 312 g/mol. The van der Waals surface area contributed by atoms with Crippen molar-refractivity contribution in [2.45, 2.75) is 38.1 Å². The Morgan fingerprint density at radius 3 is 2.48 bits per heavy atom. The van der Waals surface area contributed by atoms with E-state index in [1.165, 1.54) is 32.1 Å². The number of amides is 2. The minimum Gasteiger partial charge on any atom is -0.322 e. The number of nitrogens with one attached hydrogen (secondary N) is 1. The first-order valence-electron chi connectivity index (χ1n) is 8.57. The average Bonchev–Trinajstić information content (AvgIpc) is 2.63. The second kappa shape index (κ2) is 7.47. The highest BCUT2D eigenvalue weighted by molar-refractivity contribution is 5.90. The van der Waals surface area contributed by atoms with Crippen molar-refractivity contribution < 1.29 is 4.79 Å². The van der Waals surface area contributed by atoms with Crippen LogP contribution in [0, 0.1) is 11.3 Å². The molecule has 3 rings (SSSR count). The number of piperazine rings is 1. The van der Waals surface area contributed by atoms with Gasteiger partial charge in [0, 0.05) is 32.2 Å². The summed E-state index contributed by atoms with van der Waals surface area (Å²) in [4.78, 5) is 16.8. The van der Waals surface area contributed by atoms with Crippen molar-refractivity contribution in [3.8, 4) is 6.07 Å². The third kappa shape index (κ3) is 3.83. The molecule has 5 nitrogen and oxygen atoms in total. The molecule has 0 aromatic heterocycles. The molecule has 23 heavy (non-hydrogen) atoms. The zero-order valence-corrected chi connectivity index (χ0v) is 13.5. The van der Waals surface area contributed by atoms with Gasteiger partial charge in [-0.1, -0.05) is 31.4 Å². The molecule has 1 aromatic rings. The Hall–Kier alpha value is -2.06. The summed E-state index contributed by atoms with van der Waals surface area (Å²) in [5.41, 5.74) is 1.09. The number of para-hydroxylation sites is 1. The van der Waals surface area contributed by atoms with Crippen LogP contribution >= 0.6 is 0 Å². The number of carbonyl (C=O) groups is 1. The van der Waals surface area contributed by atoms with Gasteiger partial charge in [0.2, 0.25) is 0 Å². The minimum atomic E-state index is -0.101. The van der Waals surface area contributed by atoms with E-state index in [-0.39, 0.29) is 6.03 Å². The van der Waals surface area contributed by atoms with Gasteiger partial charge in [0.15, 0.2) is 0 Å². The second-order valence-electron chi connectivity index (χ2n) is 6.40. The minimum absolute atomic E-state index is 0.101. The molecular formula is C18H24N4O. The highest BCUT2D eigenvalue weighted by Crippen LogP contribution is 2.23. The van der Waals surface area contributed by atoms with Gasteiger partial charge in [0.05, 0.1) is 11.3 Å². The molecule has 1 aliphatic heterocycles. The Balaban J connectivity index is 1.53. The van der Waals surface area contributed by atoms with Crippen LogP contribution in [0.3, 0.4) is 0 Å². The molecule has 1 N–H and O–H groups in total. The molecule has 0 bridgehead atoms. The van der Waals surface area contributed by atoms with Crippen molar-refractivity contribution >= 4 is 11.7 Å². The number of rotatable bonds is 2. The topological polar surface area (TPSA) is 59.4 Å². The molecule has 0 spiro atoms. The predicted octanol–water partition coefficient (Wildman–Crippen LogP) is 3.04. The largest absolute Gasteiger partial charge is 0.322 e. The van der Waals surface area contributed by atoms with Gasteiger partial charge in [-0.3, -0.25) is 4.90 Å². The second-order valence-corrected chi connectivity index (χ2v) is 6.40. The van der Waals surface area contributed by atoms with E-state index < -0.39 is 0 Å². The fourth-order valence-electron chi connectivity index (χ4n) is 3.62. The smallest absolute Gasteiger partial charge is 0.321 e. The Kier molecular flexibility index (Phi) is 5.14. The van der Waals surface area contributed by atoms with Crippen molar-refractivity contribution in [2.24, 2.45) is 0 Å². The van der Waals surface area contributed by atoms with Crippen molar-refractivity contribution in [3.63, 3.8) is 0 Å². The molecule has 1 heterocycles. The van der Waals surface area contributed by atoms with Gasteiger partial charge < -0.3 is 10.2 Å². The van der Waals surface area contributed by atoms with Gasteiger partial charge in [-0.15, -0.1) is 0 Å². The summed E-state index contributed by atoms with van der Waals surface area (Å²) in [5, 5.41) is 12.0. The van der Waals surface area contributed by atoms with Gasteiger partial charge >= 0.3 is 6.03 Å². The number of nitrogens with zero attached hydrogens (tertiary/aromatic N) is 3. The quantitative estimate of drug-likeness (QED) is 0.913. The van der Waals surface area contributed by atoms with Crippen LogP contribution in [0.2, 0.25) is 0 Å². The highest BCUT2D eigenvalue weighted by Gasteiger charge is 2.27. The number of hydrogen-bond acceptors (Lipinski definition) is 3. The van der Waals surface area contributed by atoms with E-state index in [9.17, 15) is 4.79 Å². The van der Waals surface area contributed by atoms with Crippen LogP contribution in [0.5, 0.6) is 0 Å². The summed E-state index contributed by atoms with van der Waals surface area (Å²) < 4.78 is 0. The lowest BCUT2D eigenvalue weighted by Crippen LogP contribution is -2.53. The van der Waals surface area contributed by atoms with E-state index in [1.807, 2.05) is 11.0 Å². The molecule has 0 radical (unpaired) electrons. The first-order chi connectivity index (χ1) is 11.3. The molecule has 5 heteroatoms. The summed E-state index contributed by atoms with van der Waals surface area (Å²) in [5.74, 6) is 0. The SMILES string of the molecule is N#Cc1ccccc1NC(=O)N1CCN(C2CCCCC2)CC1. The summed E-state index contributed by atoms with van der Waals surface area (Å²) in [6.45, 7) is 3.43. The molecular weight excluding hydrogens is 288 g/mol. The molecule has 0 atom stereocenters. The molecule has 2 amide bonds. The lowest BCUT2D eigenvalue weighted by atomic mass is 9.94. The first kappa shape index (κ1) is 15.8. The Bertz CT molecular complexity index is 581. The van der Waals surface area contributed by atoms with E-state index in [0.717, 1.165) is 26.2 Å². The van der Waals surface area contributed by atoms with Gasteiger partial charge in [0.25, 0.3) is 0 Å². The molecule has 1 aromatic carbocycles. The predicted molar refractivity (Wildman–Crippen MR) is 90.2 cm³/mol. The van der Waals surface area contributed by atoms with Crippen molar-refractivity contribution in [1.82, 2.24) is 9.80 Å². The lowest BCUT2D eigenvalue weighted by molar-refractivity contribution is 0.0943. The molecule has 2 aliphatic rings. The number of nitriles is 1. The van der Waals surface area contributed by atoms with Gasteiger partial charge in [-0.2, -0.15) is 5.26 Å². The number of carbonyl (C=O) groups excluding carboxylic acids is 1. The summed E-state index contributed by atoms with van der Waals surface area (Å²) >= 11 is 0. The van der Waals surface area contributed by atoms with Gasteiger partial charge in [0.1, 0.15) is 6.07 Å². The number of urea groups is 1. The van der Waals surface area contributed by atoms with Gasteiger partial charge in [-0.25, -0.2) is 4.79 Å². The molecule has 2 fully saturated rings. The Morgan fingerprint density at radius 1 is 1.09 bits per heavy atom. The van der Waals surface area contributed by atoms with E-state index in [2.05, 4.69) is 16.3 Å². The molecule has 122 valence electrons.